The van der Waals surface area contributed by atoms with E-state index in [1.165, 1.54) is 6.20 Å². The quantitative estimate of drug-likeness (QED) is 0.565. The summed E-state index contributed by atoms with van der Waals surface area (Å²) < 4.78 is 13.7. The largest absolute Gasteiger partial charge is 0.492 e. The average Bonchev–Trinajstić information content (AvgIpc) is 3.38. The Morgan fingerprint density at radius 1 is 1.29 bits per heavy atom. The van der Waals surface area contributed by atoms with Crippen molar-refractivity contribution < 1.29 is 19.1 Å². The lowest BCUT2D eigenvalue weighted by Gasteiger charge is -2.28. The summed E-state index contributed by atoms with van der Waals surface area (Å²) in [6.45, 7) is 3.52. The van der Waals surface area contributed by atoms with Crippen LogP contribution in [0.3, 0.4) is 0 Å². The minimum absolute atomic E-state index is 0.0490. The predicted molar refractivity (Wildman–Crippen MR) is 128 cm³/mol. The molecule has 2 atom stereocenters. The van der Waals surface area contributed by atoms with Crippen LogP contribution in [0.5, 0.6) is 5.75 Å². The number of carboxylic acids is 1. The SMILES string of the molecule is COc1c(N2CCC(C(c3ncc(C)o3)N(C)C)C2)ccc2c(=O)c(C(=O)O)cn(C3CC3)c12. The summed E-state index contributed by atoms with van der Waals surface area (Å²) in [6.07, 6.45) is 6.11. The van der Waals surface area contributed by atoms with Crippen molar-refractivity contribution in [3.63, 3.8) is 0 Å². The number of aromatic carboxylic acids is 1. The first-order chi connectivity index (χ1) is 16.3. The molecule has 2 aromatic heterocycles. The van der Waals surface area contributed by atoms with Gasteiger partial charge in [0.15, 0.2) is 5.75 Å². The van der Waals surface area contributed by atoms with E-state index in [-0.39, 0.29) is 17.6 Å². The molecule has 1 aliphatic carbocycles. The summed E-state index contributed by atoms with van der Waals surface area (Å²) in [5.74, 6) is 1.24. The van der Waals surface area contributed by atoms with Gasteiger partial charge in [-0.15, -0.1) is 0 Å². The van der Waals surface area contributed by atoms with Crippen LogP contribution in [0, 0.1) is 12.8 Å². The van der Waals surface area contributed by atoms with Gasteiger partial charge in [0.1, 0.15) is 11.3 Å². The van der Waals surface area contributed by atoms with Gasteiger partial charge in [-0.3, -0.25) is 9.69 Å². The molecule has 34 heavy (non-hydrogen) atoms. The minimum Gasteiger partial charge on any atom is -0.492 e. The Morgan fingerprint density at radius 3 is 2.65 bits per heavy atom. The number of hydrogen-bond acceptors (Lipinski definition) is 7. The van der Waals surface area contributed by atoms with Gasteiger partial charge in [0, 0.05) is 31.2 Å². The number of oxazole rings is 1. The molecule has 3 heterocycles. The molecule has 3 aromatic rings. The Kier molecular flexibility index (Phi) is 5.59. The molecule has 1 N–H and O–H groups in total. The van der Waals surface area contributed by atoms with Crippen LogP contribution in [0.1, 0.15) is 53.4 Å². The molecule has 9 heteroatoms. The number of methoxy groups -OCH3 is 1. The van der Waals surface area contributed by atoms with E-state index in [1.807, 2.05) is 31.7 Å². The molecule has 0 bridgehead atoms. The van der Waals surface area contributed by atoms with E-state index in [0.717, 1.165) is 49.7 Å². The molecule has 0 amide bonds. The van der Waals surface area contributed by atoms with Crippen LogP contribution in [-0.2, 0) is 0 Å². The fourth-order valence-electron chi connectivity index (χ4n) is 5.27. The summed E-state index contributed by atoms with van der Waals surface area (Å²) in [7, 11) is 5.69. The van der Waals surface area contributed by atoms with E-state index in [0.29, 0.717) is 22.6 Å². The van der Waals surface area contributed by atoms with Gasteiger partial charge in [-0.25, -0.2) is 9.78 Å². The molecule has 180 valence electrons. The van der Waals surface area contributed by atoms with Crippen LogP contribution < -0.4 is 15.1 Å². The first-order valence-electron chi connectivity index (χ1n) is 11.6. The molecule has 2 fully saturated rings. The molecule has 1 aromatic carbocycles. The van der Waals surface area contributed by atoms with E-state index >= 15 is 0 Å². The second kappa shape index (κ2) is 8.47. The molecule has 1 saturated carbocycles. The number of carbonyl (C=O) groups is 1. The standard InChI is InChI=1S/C25H30N4O5/c1-14-11-26-24(34-14)20(27(2)3)15-9-10-28(12-15)19-8-7-17-21(23(19)33-4)29(16-5-6-16)13-18(22(17)30)25(31)32/h7-8,11,13,15-16,20H,5-6,9-10,12H2,1-4H3,(H,31,32). The van der Waals surface area contributed by atoms with Crippen molar-refractivity contribution in [1.82, 2.24) is 14.5 Å². The maximum absolute atomic E-state index is 13.0. The molecule has 5 rings (SSSR count). The molecule has 0 spiro atoms. The number of carboxylic acid groups (broad SMARTS) is 1. The molecule has 9 nitrogen and oxygen atoms in total. The number of rotatable bonds is 7. The van der Waals surface area contributed by atoms with Crippen molar-refractivity contribution in [3.05, 3.63) is 52.0 Å². The lowest BCUT2D eigenvalue weighted by Crippen LogP contribution is -2.30. The number of aryl methyl sites for hydroxylation is 1. The third-order valence-corrected chi connectivity index (χ3v) is 6.96. The third kappa shape index (κ3) is 3.73. The first kappa shape index (κ1) is 22.5. The Morgan fingerprint density at radius 2 is 2.06 bits per heavy atom. The Hall–Kier alpha value is -3.33. The van der Waals surface area contributed by atoms with Crippen LogP contribution in [0.2, 0.25) is 0 Å². The number of fused-ring (bicyclic) bond motifs is 1. The zero-order chi connectivity index (χ0) is 24.1. The maximum Gasteiger partial charge on any atom is 0.341 e. The third-order valence-electron chi connectivity index (χ3n) is 6.96. The summed E-state index contributed by atoms with van der Waals surface area (Å²) in [4.78, 5) is 33.6. The van der Waals surface area contributed by atoms with Crippen molar-refractivity contribution in [3.8, 4) is 5.75 Å². The molecular formula is C25H30N4O5. The van der Waals surface area contributed by atoms with E-state index < -0.39 is 11.4 Å². The van der Waals surface area contributed by atoms with Gasteiger partial charge in [-0.1, -0.05) is 0 Å². The number of nitrogens with zero attached hydrogens (tertiary/aromatic N) is 4. The number of pyridine rings is 1. The van der Waals surface area contributed by atoms with Gasteiger partial charge >= 0.3 is 5.97 Å². The van der Waals surface area contributed by atoms with Crippen LogP contribution >= 0.6 is 0 Å². The average molecular weight is 467 g/mol. The maximum atomic E-state index is 13.0. The van der Waals surface area contributed by atoms with Crippen molar-refractivity contribution in [2.75, 3.05) is 39.2 Å². The van der Waals surface area contributed by atoms with Crippen molar-refractivity contribution in [2.24, 2.45) is 5.92 Å². The van der Waals surface area contributed by atoms with Gasteiger partial charge in [0.2, 0.25) is 11.3 Å². The molecule has 2 aliphatic rings. The van der Waals surface area contributed by atoms with E-state index in [2.05, 4.69) is 14.8 Å². The summed E-state index contributed by atoms with van der Waals surface area (Å²) >= 11 is 0. The molecule has 1 saturated heterocycles. The number of anilines is 1. The molecule has 0 radical (unpaired) electrons. The topological polar surface area (TPSA) is 101 Å². The number of aromatic nitrogens is 2. The molecule has 1 aliphatic heterocycles. The van der Waals surface area contributed by atoms with Crippen molar-refractivity contribution in [1.29, 1.82) is 0 Å². The number of hydrogen-bond donors (Lipinski definition) is 1. The number of benzene rings is 1. The lowest BCUT2D eigenvalue weighted by molar-refractivity contribution is 0.0695. The van der Waals surface area contributed by atoms with Crippen LogP contribution in [0.25, 0.3) is 10.9 Å². The first-order valence-corrected chi connectivity index (χ1v) is 11.6. The highest BCUT2D eigenvalue weighted by Gasteiger charge is 2.36. The Labute approximate surface area is 197 Å². The van der Waals surface area contributed by atoms with Gasteiger partial charge in [-0.05, 0) is 52.4 Å². The van der Waals surface area contributed by atoms with Crippen LogP contribution in [-0.4, -0.2) is 59.8 Å². The predicted octanol–water partition coefficient (Wildman–Crippen LogP) is 3.47. The van der Waals surface area contributed by atoms with Gasteiger partial charge < -0.3 is 23.7 Å². The van der Waals surface area contributed by atoms with Crippen molar-refractivity contribution in [2.45, 2.75) is 38.3 Å². The Balaban J connectivity index is 1.56. The molecule has 2 unspecified atom stereocenters. The monoisotopic (exact) mass is 466 g/mol. The summed E-state index contributed by atoms with van der Waals surface area (Å²) in [6, 6.07) is 3.86. The van der Waals surface area contributed by atoms with E-state index in [9.17, 15) is 14.7 Å². The zero-order valence-electron chi connectivity index (χ0n) is 19.9. The van der Waals surface area contributed by atoms with Crippen molar-refractivity contribution >= 4 is 22.6 Å². The van der Waals surface area contributed by atoms with Crippen LogP contribution in [0.15, 0.2) is 33.7 Å². The fraction of sp³-hybridized carbons (Fsp3) is 0.480. The zero-order valence-corrected chi connectivity index (χ0v) is 19.9. The fourth-order valence-corrected chi connectivity index (χ4v) is 5.27. The highest BCUT2D eigenvalue weighted by molar-refractivity contribution is 5.97. The smallest absolute Gasteiger partial charge is 0.341 e. The van der Waals surface area contributed by atoms with E-state index in [4.69, 9.17) is 9.15 Å². The Bertz CT molecular complexity index is 1310. The second-order valence-corrected chi connectivity index (χ2v) is 9.54. The summed E-state index contributed by atoms with van der Waals surface area (Å²) in [5.41, 5.74) is 0.907. The van der Waals surface area contributed by atoms with Gasteiger partial charge in [0.05, 0.1) is 35.9 Å². The second-order valence-electron chi connectivity index (χ2n) is 9.54. The molecular weight excluding hydrogens is 436 g/mol. The highest BCUT2D eigenvalue weighted by atomic mass is 16.5. The van der Waals surface area contributed by atoms with Gasteiger partial charge in [0.25, 0.3) is 0 Å². The summed E-state index contributed by atoms with van der Waals surface area (Å²) in [5, 5.41) is 9.94. The normalized spacial score (nSPS) is 19.2. The van der Waals surface area contributed by atoms with E-state index in [1.54, 1.807) is 19.4 Å². The lowest BCUT2D eigenvalue weighted by atomic mass is 9.98. The minimum atomic E-state index is -1.21. The highest BCUT2D eigenvalue weighted by Crippen LogP contribution is 2.44. The number of ether oxygens (including phenoxy) is 1. The van der Waals surface area contributed by atoms with Gasteiger partial charge in [-0.2, -0.15) is 0 Å². The van der Waals surface area contributed by atoms with Crippen LogP contribution in [0.4, 0.5) is 5.69 Å².